The van der Waals surface area contributed by atoms with Gasteiger partial charge in [0.25, 0.3) is 11.7 Å². The minimum absolute atomic E-state index is 0.0456. The van der Waals surface area contributed by atoms with Crippen molar-refractivity contribution >= 4 is 29.2 Å². The van der Waals surface area contributed by atoms with Crippen molar-refractivity contribution in [3.05, 3.63) is 40.2 Å². The first kappa shape index (κ1) is 25.1. The van der Waals surface area contributed by atoms with Crippen LogP contribution in [-0.4, -0.2) is 92.5 Å². The van der Waals surface area contributed by atoms with Crippen LogP contribution < -0.4 is 5.73 Å². The second-order valence-electron chi connectivity index (χ2n) is 9.96. The number of fused-ring (bicyclic) bond motifs is 3. The van der Waals surface area contributed by atoms with E-state index >= 15 is 0 Å². The van der Waals surface area contributed by atoms with E-state index in [1.807, 2.05) is 0 Å². The number of morpholine rings is 1. The quantitative estimate of drug-likeness (QED) is 0.185. The highest BCUT2D eigenvalue weighted by molar-refractivity contribution is 6.43. The predicted molar refractivity (Wildman–Crippen MR) is 122 cm³/mol. The lowest BCUT2D eigenvalue weighted by Gasteiger charge is -2.48. The second-order valence-corrected chi connectivity index (χ2v) is 9.96. The number of ketones is 3. The molecule has 2 amide bonds. The van der Waals surface area contributed by atoms with Crippen LogP contribution in [-0.2, 0) is 25.5 Å². The lowest BCUT2D eigenvalue weighted by molar-refractivity contribution is -0.167. The Hall–Kier alpha value is -3.61. The summed E-state index contributed by atoms with van der Waals surface area (Å²) in [5.74, 6) is -9.96. The van der Waals surface area contributed by atoms with Gasteiger partial charge < -0.3 is 35.8 Å². The number of hydrogen-bond donors (Lipinski definition) is 5. The molecule has 1 heterocycles. The maximum atomic E-state index is 13.6. The molecule has 0 bridgehead atoms. The first-order chi connectivity index (χ1) is 17.5. The fourth-order valence-electron chi connectivity index (χ4n) is 6.16. The summed E-state index contributed by atoms with van der Waals surface area (Å²) in [7, 11) is 0. The third-order valence-corrected chi connectivity index (χ3v) is 8.01. The summed E-state index contributed by atoms with van der Waals surface area (Å²) < 4.78 is 5.21. The summed E-state index contributed by atoms with van der Waals surface area (Å²) in [6.07, 6.45) is -1.83. The van der Waals surface area contributed by atoms with E-state index in [-0.39, 0.29) is 67.8 Å². The van der Waals surface area contributed by atoms with Gasteiger partial charge in [0.1, 0.15) is 17.4 Å². The Morgan fingerprint density at radius 1 is 1.08 bits per heavy atom. The molecule has 1 aromatic carbocycles. The number of carbonyl (C=O) groups excluding carboxylic acids is 5. The summed E-state index contributed by atoms with van der Waals surface area (Å²) in [6.45, 7) is 1.03. The molecule has 0 radical (unpaired) electrons. The molecular formula is C25H26N2O10. The zero-order valence-electron chi connectivity index (χ0n) is 19.7. The molecule has 5 atom stereocenters. The average molecular weight is 514 g/mol. The van der Waals surface area contributed by atoms with Gasteiger partial charge in [0.05, 0.1) is 24.9 Å². The summed E-state index contributed by atoms with van der Waals surface area (Å²) >= 11 is 0. The van der Waals surface area contributed by atoms with Crippen molar-refractivity contribution in [1.82, 2.24) is 4.90 Å². The Morgan fingerprint density at radius 3 is 2.41 bits per heavy atom. The molecule has 12 heteroatoms. The monoisotopic (exact) mass is 514 g/mol. The van der Waals surface area contributed by atoms with Gasteiger partial charge in [0.2, 0.25) is 5.91 Å². The molecule has 2 unspecified atom stereocenters. The average Bonchev–Trinajstić information content (AvgIpc) is 2.86. The van der Waals surface area contributed by atoms with Gasteiger partial charge >= 0.3 is 0 Å². The molecule has 3 aliphatic carbocycles. The zero-order valence-corrected chi connectivity index (χ0v) is 19.7. The van der Waals surface area contributed by atoms with Gasteiger partial charge in [-0.25, -0.2) is 0 Å². The number of primary amides is 1. The molecule has 2 fully saturated rings. The van der Waals surface area contributed by atoms with Gasteiger partial charge in [-0.2, -0.15) is 0 Å². The van der Waals surface area contributed by atoms with Crippen LogP contribution in [0.25, 0.3) is 0 Å². The van der Waals surface area contributed by atoms with E-state index in [1.54, 1.807) is 0 Å². The van der Waals surface area contributed by atoms with Crippen molar-refractivity contribution in [2.75, 3.05) is 26.3 Å². The number of carbonyl (C=O) groups is 5. The Morgan fingerprint density at radius 2 is 1.76 bits per heavy atom. The molecule has 1 aliphatic heterocycles. The smallest absolute Gasteiger partial charge is 0.295 e. The Bertz CT molecular complexity index is 1280. The van der Waals surface area contributed by atoms with Gasteiger partial charge in [-0.3, -0.25) is 24.0 Å². The number of aliphatic hydroxyl groups is 3. The van der Waals surface area contributed by atoms with E-state index in [1.165, 1.54) is 11.0 Å². The van der Waals surface area contributed by atoms with Crippen LogP contribution >= 0.6 is 0 Å². The Kier molecular flexibility index (Phi) is 5.93. The van der Waals surface area contributed by atoms with Crippen molar-refractivity contribution in [2.45, 2.75) is 31.0 Å². The van der Waals surface area contributed by atoms with Crippen LogP contribution in [0.4, 0.5) is 0 Å². The molecule has 4 aliphatic rings. The number of amides is 2. The maximum Gasteiger partial charge on any atom is 0.295 e. The Balaban J connectivity index is 1.58. The highest BCUT2D eigenvalue weighted by Crippen LogP contribution is 2.51. The number of benzene rings is 1. The molecule has 5 rings (SSSR count). The van der Waals surface area contributed by atoms with E-state index in [2.05, 4.69) is 0 Å². The minimum Gasteiger partial charge on any atom is -0.508 e. The van der Waals surface area contributed by atoms with Crippen molar-refractivity contribution in [3.8, 4) is 5.75 Å². The van der Waals surface area contributed by atoms with Crippen LogP contribution in [0.2, 0.25) is 0 Å². The number of aliphatic hydroxyl groups excluding tert-OH is 2. The molecule has 12 nitrogen and oxygen atoms in total. The molecule has 6 N–H and O–H groups in total. The molecule has 37 heavy (non-hydrogen) atoms. The summed E-state index contributed by atoms with van der Waals surface area (Å²) in [5.41, 5.74) is 2.05. The number of rotatable bonds is 3. The van der Waals surface area contributed by atoms with E-state index in [4.69, 9.17) is 10.5 Å². The van der Waals surface area contributed by atoms with Crippen molar-refractivity contribution in [2.24, 2.45) is 23.5 Å². The minimum atomic E-state index is -2.62. The van der Waals surface area contributed by atoms with Crippen LogP contribution in [0, 0.1) is 17.8 Å². The third kappa shape index (κ3) is 3.58. The zero-order chi connectivity index (χ0) is 26.8. The molecule has 1 saturated heterocycles. The largest absolute Gasteiger partial charge is 0.508 e. The maximum absolute atomic E-state index is 13.6. The number of phenolic OH excluding ortho intramolecular Hbond substituents is 1. The van der Waals surface area contributed by atoms with Gasteiger partial charge in [-0.05, 0) is 42.9 Å². The van der Waals surface area contributed by atoms with Crippen molar-refractivity contribution in [3.63, 3.8) is 0 Å². The van der Waals surface area contributed by atoms with Crippen LogP contribution in [0.3, 0.4) is 0 Å². The van der Waals surface area contributed by atoms with Gasteiger partial charge in [-0.15, -0.1) is 0 Å². The first-order valence-electron chi connectivity index (χ1n) is 12.0. The first-order valence-corrected chi connectivity index (χ1v) is 12.0. The standard InChI is InChI=1S/C25H26N2O10/c26-23(34)18-15(29)9-11-7-10-8-13-12(19(30)24(35)27-3-5-37-6-4-27)1-2-14(28)17(13)20(31)16(10)21(32)25(11,36)22(18)33/h1-2,10-11,15,18,28-29,32,36H,3-9H2,(H2,26,34)/t10-,11+,15?,18?,25+/m1/s1. The lowest BCUT2D eigenvalue weighted by Crippen LogP contribution is -2.63. The highest BCUT2D eigenvalue weighted by Gasteiger charge is 2.62. The molecule has 1 aromatic rings. The predicted octanol–water partition coefficient (Wildman–Crippen LogP) is -1.21. The fraction of sp³-hybridized carbons (Fsp3) is 0.480. The van der Waals surface area contributed by atoms with E-state index < -0.39 is 70.1 Å². The number of nitrogens with two attached hydrogens (primary N) is 1. The summed E-state index contributed by atoms with van der Waals surface area (Å²) in [4.78, 5) is 65.8. The van der Waals surface area contributed by atoms with Crippen LogP contribution in [0.15, 0.2) is 23.5 Å². The van der Waals surface area contributed by atoms with E-state index in [9.17, 15) is 44.4 Å². The Labute approximate surface area is 210 Å². The van der Waals surface area contributed by atoms with E-state index in [0.717, 1.165) is 6.07 Å². The number of phenols is 1. The number of Topliss-reactive ketones (excluding diaryl/α,β-unsaturated/α-hetero) is 3. The normalized spacial score (nSPS) is 31.4. The van der Waals surface area contributed by atoms with Gasteiger partial charge in [0.15, 0.2) is 17.2 Å². The number of nitrogens with zero attached hydrogens (tertiary/aromatic N) is 1. The van der Waals surface area contributed by atoms with Crippen LogP contribution in [0.1, 0.15) is 39.1 Å². The lowest BCUT2D eigenvalue weighted by atomic mass is 9.57. The number of ether oxygens (including phenoxy) is 1. The van der Waals surface area contributed by atoms with E-state index in [0.29, 0.717) is 0 Å². The molecule has 1 saturated carbocycles. The van der Waals surface area contributed by atoms with Crippen LogP contribution in [0.5, 0.6) is 5.75 Å². The van der Waals surface area contributed by atoms with Gasteiger partial charge in [-0.1, -0.05) is 0 Å². The highest BCUT2D eigenvalue weighted by atomic mass is 16.5. The third-order valence-electron chi connectivity index (χ3n) is 8.01. The summed E-state index contributed by atoms with van der Waals surface area (Å²) in [5, 5.41) is 43.3. The number of allylic oxidation sites excluding steroid dienone is 1. The SMILES string of the molecule is NC(=O)C1C(=O)[C@@]2(O)C(O)=C3C(=O)c4c(O)ccc(C(=O)C(=O)N5CCOCC5)c4C[C@H]3C[C@H]2CC1O. The molecule has 0 aromatic heterocycles. The molecule has 196 valence electrons. The van der Waals surface area contributed by atoms with Crippen molar-refractivity contribution < 1.29 is 49.1 Å². The van der Waals surface area contributed by atoms with Crippen molar-refractivity contribution in [1.29, 1.82) is 0 Å². The molecular weight excluding hydrogens is 488 g/mol. The molecule has 0 spiro atoms. The van der Waals surface area contributed by atoms with Gasteiger partial charge in [0, 0.05) is 30.1 Å². The number of aromatic hydroxyl groups is 1. The topological polar surface area (TPSA) is 205 Å². The summed E-state index contributed by atoms with van der Waals surface area (Å²) in [6, 6.07) is 2.36. The second kappa shape index (κ2) is 8.75. The fourth-order valence-corrected chi connectivity index (χ4v) is 6.16. The number of hydrogen-bond acceptors (Lipinski definition) is 10.